The van der Waals surface area contributed by atoms with Crippen LogP contribution < -0.4 is 20.1 Å². The van der Waals surface area contributed by atoms with Crippen LogP contribution in [-0.4, -0.2) is 25.2 Å². The number of nitriles is 1. The number of carbonyl (C=O) groups excluding carboxylic acids is 2. The first-order chi connectivity index (χ1) is 17.0. The number of rotatable bonds is 7. The molecule has 0 radical (unpaired) electrons. The highest BCUT2D eigenvalue weighted by atomic mass is 16.7. The minimum atomic E-state index is -0.549. The van der Waals surface area contributed by atoms with E-state index in [1.54, 1.807) is 12.1 Å². The van der Waals surface area contributed by atoms with E-state index in [9.17, 15) is 9.59 Å². The summed E-state index contributed by atoms with van der Waals surface area (Å²) in [5, 5.41) is 14.4. The third-order valence-electron chi connectivity index (χ3n) is 6.59. The molecule has 0 aromatic heterocycles. The molecule has 0 spiro atoms. The maximum Gasteiger partial charge on any atom is 0.251 e. The summed E-state index contributed by atoms with van der Waals surface area (Å²) in [5.74, 6) is 1.15. The lowest BCUT2D eigenvalue weighted by Gasteiger charge is -2.17. The van der Waals surface area contributed by atoms with Gasteiger partial charge >= 0.3 is 0 Å². The summed E-state index contributed by atoms with van der Waals surface area (Å²) in [6, 6.07) is 20.9. The molecule has 35 heavy (non-hydrogen) atoms. The van der Waals surface area contributed by atoms with E-state index < -0.39 is 5.41 Å². The van der Waals surface area contributed by atoms with E-state index in [1.807, 2.05) is 61.5 Å². The zero-order valence-corrected chi connectivity index (χ0v) is 19.4. The number of aryl methyl sites for hydroxylation is 1. The van der Waals surface area contributed by atoms with E-state index in [4.69, 9.17) is 14.7 Å². The van der Waals surface area contributed by atoms with E-state index >= 15 is 0 Å². The van der Waals surface area contributed by atoms with E-state index in [0.717, 1.165) is 40.8 Å². The summed E-state index contributed by atoms with van der Waals surface area (Å²) in [4.78, 5) is 25.5. The van der Waals surface area contributed by atoms with Crippen molar-refractivity contribution in [3.63, 3.8) is 0 Å². The number of hydrogen-bond acceptors (Lipinski definition) is 5. The molecule has 180 valence electrons. The van der Waals surface area contributed by atoms with Crippen molar-refractivity contribution in [2.45, 2.75) is 31.6 Å². The molecule has 1 heterocycles. The smallest absolute Gasteiger partial charge is 0.251 e. The summed E-state index contributed by atoms with van der Waals surface area (Å²) in [7, 11) is 0. The Morgan fingerprint density at radius 2 is 1.80 bits per heavy atom. The van der Waals surface area contributed by atoms with Crippen LogP contribution in [0.2, 0.25) is 0 Å². The molecule has 2 amide bonds. The van der Waals surface area contributed by atoms with Gasteiger partial charge in [0.05, 0.1) is 17.9 Å². The maximum atomic E-state index is 13.3. The SMILES string of the molecule is Cc1ccc(NC(=O)C2(c3ccc4c(c3)OCO4)CC2)cc1-c1ccc(C(=O)NCCC#N)cc1.[HH].[HH]. The normalized spacial score (nSPS) is 14.6. The average molecular weight is 472 g/mol. The van der Waals surface area contributed by atoms with Gasteiger partial charge in [0.2, 0.25) is 12.7 Å². The van der Waals surface area contributed by atoms with Crippen LogP contribution in [0.15, 0.2) is 60.7 Å². The van der Waals surface area contributed by atoms with Gasteiger partial charge in [0.1, 0.15) is 0 Å². The highest BCUT2D eigenvalue weighted by Crippen LogP contribution is 2.51. The first kappa shape index (κ1) is 22.5. The summed E-state index contributed by atoms with van der Waals surface area (Å²) in [6.07, 6.45) is 1.85. The molecule has 7 nitrogen and oxygen atoms in total. The predicted octanol–water partition coefficient (Wildman–Crippen LogP) is 5.20. The first-order valence-electron chi connectivity index (χ1n) is 11.6. The lowest BCUT2D eigenvalue weighted by molar-refractivity contribution is -0.118. The van der Waals surface area contributed by atoms with E-state index in [2.05, 4.69) is 10.6 Å². The molecule has 5 rings (SSSR count). The lowest BCUT2D eigenvalue weighted by Crippen LogP contribution is -2.27. The van der Waals surface area contributed by atoms with Crippen molar-refractivity contribution >= 4 is 17.5 Å². The van der Waals surface area contributed by atoms with Crippen molar-refractivity contribution in [2.24, 2.45) is 0 Å². The third-order valence-corrected chi connectivity index (χ3v) is 6.59. The zero-order chi connectivity index (χ0) is 24.4. The Morgan fingerprint density at radius 3 is 2.54 bits per heavy atom. The molecular formula is C28H29N3O4. The Balaban J connectivity index is 0.00000190. The zero-order valence-electron chi connectivity index (χ0n) is 19.4. The minimum Gasteiger partial charge on any atom is -0.454 e. The van der Waals surface area contributed by atoms with Crippen LogP contribution in [-0.2, 0) is 10.2 Å². The van der Waals surface area contributed by atoms with Crippen LogP contribution in [0.5, 0.6) is 11.5 Å². The Kier molecular flexibility index (Phi) is 5.87. The van der Waals surface area contributed by atoms with Crippen molar-refractivity contribution < 1.29 is 21.9 Å². The molecule has 0 unspecified atom stereocenters. The molecule has 0 saturated heterocycles. The van der Waals surface area contributed by atoms with Gasteiger partial charge in [-0.3, -0.25) is 9.59 Å². The number of carbonyl (C=O) groups is 2. The number of nitrogens with zero attached hydrogens (tertiary/aromatic N) is 1. The number of hydrogen-bond donors (Lipinski definition) is 2. The van der Waals surface area contributed by atoms with Gasteiger partial charge in [0.25, 0.3) is 5.91 Å². The molecule has 1 aliphatic heterocycles. The predicted molar refractivity (Wildman–Crippen MR) is 136 cm³/mol. The Hall–Kier alpha value is -4.31. The Labute approximate surface area is 206 Å². The Bertz CT molecular complexity index is 1350. The summed E-state index contributed by atoms with van der Waals surface area (Å²) >= 11 is 0. The molecule has 0 atom stereocenters. The van der Waals surface area contributed by atoms with Gasteiger partial charge in [-0.1, -0.05) is 24.3 Å². The molecule has 7 heteroatoms. The Morgan fingerprint density at radius 1 is 1.03 bits per heavy atom. The molecule has 2 aliphatic rings. The second kappa shape index (κ2) is 9.15. The minimum absolute atomic E-state index is 0. The van der Waals surface area contributed by atoms with Crippen LogP contribution in [0.25, 0.3) is 11.1 Å². The number of benzene rings is 3. The standard InChI is InChI=1S/C28H25N3O4.2H2/c1-18-3-9-22(16-23(18)19-4-6-20(7-5-19)26(32)30-14-2-13-29)31-27(33)28(11-12-28)21-8-10-24-25(15-21)35-17-34-24;;/h3-10,15-16H,2,11-12,14,17H2,1H3,(H,30,32)(H,31,33);2*1H. The molecule has 2 N–H and O–H groups in total. The van der Waals surface area contributed by atoms with Crippen LogP contribution in [0.4, 0.5) is 5.69 Å². The number of nitrogens with one attached hydrogen (secondary N) is 2. The van der Waals surface area contributed by atoms with E-state index in [-0.39, 0.29) is 27.9 Å². The van der Waals surface area contributed by atoms with Crippen molar-refractivity contribution in [1.29, 1.82) is 5.26 Å². The highest BCUT2D eigenvalue weighted by molar-refractivity contribution is 6.02. The van der Waals surface area contributed by atoms with Gasteiger partial charge in [-0.25, -0.2) is 0 Å². The van der Waals surface area contributed by atoms with Gasteiger partial charge in [0.15, 0.2) is 11.5 Å². The maximum absolute atomic E-state index is 13.3. The van der Waals surface area contributed by atoms with Gasteiger partial charge in [-0.05, 0) is 78.4 Å². The van der Waals surface area contributed by atoms with Crippen LogP contribution in [0.3, 0.4) is 0 Å². The van der Waals surface area contributed by atoms with E-state index in [1.165, 1.54) is 0 Å². The van der Waals surface area contributed by atoms with Crippen molar-refractivity contribution in [2.75, 3.05) is 18.7 Å². The summed E-state index contributed by atoms with van der Waals surface area (Å²) in [5.41, 5.74) is 4.64. The number of ether oxygens (including phenoxy) is 2. The number of fused-ring (bicyclic) bond motifs is 1. The molecule has 0 bridgehead atoms. The molecular weight excluding hydrogens is 442 g/mol. The monoisotopic (exact) mass is 471 g/mol. The van der Waals surface area contributed by atoms with Gasteiger partial charge in [-0.15, -0.1) is 0 Å². The topological polar surface area (TPSA) is 100 Å². The van der Waals surface area contributed by atoms with Crippen molar-refractivity contribution in [3.8, 4) is 28.7 Å². The largest absolute Gasteiger partial charge is 0.454 e. The third kappa shape index (κ3) is 4.43. The fourth-order valence-electron chi connectivity index (χ4n) is 4.36. The number of anilines is 1. The van der Waals surface area contributed by atoms with Crippen LogP contribution in [0, 0.1) is 18.3 Å². The van der Waals surface area contributed by atoms with E-state index in [0.29, 0.717) is 23.6 Å². The van der Waals surface area contributed by atoms with Gasteiger partial charge < -0.3 is 20.1 Å². The van der Waals surface area contributed by atoms with Crippen molar-refractivity contribution in [3.05, 3.63) is 77.4 Å². The van der Waals surface area contributed by atoms with Gasteiger partial charge in [-0.2, -0.15) is 5.26 Å². The molecule has 1 fully saturated rings. The molecule has 1 aliphatic carbocycles. The molecule has 3 aromatic carbocycles. The summed E-state index contributed by atoms with van der Waals surface area (Å²) in [6.45, 7) is 2.54. The second-order valence-corrected chi connectivity index (χ2v) is 8.88. The summed E-state index contributed by atoms with van der Waals surface area (Å²) < 4.78 is 10.9. The fourth-order valence-corrected chi connectivity index (χ4v) is 4.36. The lowest BCUT2D eigenvalue weighted by atomic mass is 9.94. The quantitative estimate of drug-likeness (QED) is 0.462. The van der Waals surface area contributed by atoms with Crippen LogP contribution in [0.1, 0.15) is 43.6 Å². The number of amides is 2. The first-order valence-corrected chi connectivity index (χ1v) is 11.6. The molecule has 1 saturated carbocycles. The van der Waals surface area contributed by atoms with Crippen LogP contribution >= 0.6 is 0 Å². The fraction of sp³-hybridized carbons (Fsp3) is 0.250. The van der Waals surface area contributed by atoms with Gasteiger partial charge in [0, 0.05) is 20.6 Å². The van der Waals surface area contributed by atoms with Crippen molar-refractivity contribution in [1.82, 2.24) is 5.32 Å². The highest BCUT2D eigenvalue weighted by Gasteiger charge is 2.51. The molecule has 3 aromatic rings. The average Bonchev–Trinajstić information content (AvgIpc) is 3.56. The second-order valence-electron chi connectivity index (χ2n) is 8.88.